The van der Waals surface area contributed by atoms with Crippen LogP contribution in [0.3, 0.4) is 0 Å². The van der Waals surface area contributed by atoms with Crippen LogP contribution in [-0.2, 0) is 4.79 Å². The maximum Gasteiger partial charge on any atom is 0.226 e. The molecule has 1 aromatic heterocycles. The number of carbonyl (C=O) groups is 1. The average molecular weight is 350 g/mol. The third kappa shape index (κ3) is 2.81. The molecule has 1 aliphatic carbocycles. The number of aromatic nitrogens is 2. The molecule has 0 radical (unpaired) electrons. The summed E-state index contributed by atoms with van der Waals surface area (Å²) in [4.78, 5) is 19.3. The van der Waals surface area contributed by atoms with Crippen LogP contribution in [0.1, 0.15) is 56.0 Å². The summed E-state index contributed by atoms with van der Waals surface area (Å²) in [6.45, 7) is 8.08. The zero-order valence-electron chi connectivity index (χ0n) is 14.2. The number of aryl methyl sites for hydroxylation is 1. The highest BCUT2D eigenvalue weighted by molar-refractivity contribution is 6.30. The Kier molecular flexibility index (Phi) is 4.16. The molecule has 1 aliphatic rings. The summed E-state index contributed by atoms with van der Waals surface area (Å²) in [6.07, 6.45) is 0.403. The number of amides is 1. The first-order chi connectivity index (χ1) is 11.3. The molecule has 0 saturated heterocycles. The summed E-state index contributed by atoms with van der Waals surface area (Å²) in [5, 5.41) is 2.90. The minimum absolute atomic E-state index is 0.00680. The molecule has 2 N–H and O–H groups in total. The second kappa shape index (κ2) is 5.88. The first kappa shape index (κ1) is 17.0. The van der Waals surface area contributed by atoms with E-state index in [9.17, 15) is 9.18 Å². The van der Waals surface area contributed by atoms with Crippen molar-refractivity contribution in [2.45, 2.75) is 46.0 Å². The molecule has 0 aliphatic heterocycles. The van der Waals surface area contributed by atoms with Crippen molar-refractivity contribution in [1.82, 2.24) is 9.97 Å². The lowest BCUT2D eigenvalue weighted by Crippen LogP contribution is -2.10. The van der Waals surface area contributed by atoms with Crippen molar-refractivity contribution in [3.63, 3.8) is 0 Å². The van der Waals surface area contributed by atoms with Crippen molar-refractivity contribution in [2.24, 2.45) is 5.41 Å². The first-order valence-corrected chi connectivity index (χ1v) is 8.44. The van der Waals surface area contributed by atoms with E-state index in [0.29, 0.717) is 12.4 Å². The van der Waals surface area contributed by atoms with E-state index in [2.05, 4.69) is 29.1 Å². The monoisotopic (exact) mass is 349 g/mol. The Balaban J connectivity index is 1.89. The number of rotatable bonds is 4. The van der Waals surface area contributed by atoms with Gasteiger partial charge in [0.25, 0.3) is 0 Å². The molecule has 128 valence electrons. The number of halogens is 2. The van der Waals surface area contributed by atoms with E-state index in [1.165, 1.54) is 6.07 Å². The zero-order chi connectivity index (χ0) is 17.6. The number of imidazole rings is 1. The lowest BCUT2D eigenvalue weighted by molar-refractivity contribution is -0.115. The SMILES string of the molecule is CCC(=O)Nc1nc([C@H]2[C@H](c3ccc(F)c(Cl)c3)C2(C)C)c(C)[nH]1. The largest absolute Gasteiger partial charge is 0.328 e. The minimum Gasteiger partial charge on any atom is -0.328 e. The fraction of sp³-hybridized carbons (Fsp3) is 0.444. The van der Waals surface area contributed by atoms with Crippen LogP contribution in [0.4, 0.5) is 10.3 Å². The van der Waals surface area contributed by atoms with E-state index >= 15 is 0 Å². The molecule has 1 aromatic carbocycles. The number of carbonyl (C=O) groups excluding carboxylic acids is 1. The van der Waals surface area contributed by atoms with E-state index in [1.807, 2.05) is 6.92 Å². The molecule has 1 amide bonds. The number of hydrogen-bond donors (Lipinski definition) is 2. The van der Waals surface area contributed by atoms with Gasteiger partial charge in [-0.3, -0.25) is 10.1 Å². The number of nitrogens with zero attached hydrogens (tertiary/aromatic N) is 1. The number of aromatic amines is 1. The number of H-pyrrole nitrogens is 1. The fourth-order valence-electron chi connectivity index (χ4n) is 3.53. The Morgan fingerprint density at radius 2 is 2.12 bits per heavy atom. The van der Waals surface area contributed by atoms with E-state index in [4.69, 9.17) is 11.6 Å². The van der Waals surface area contributed by atoms with Crippen molar-refractivity contribution in [3.05, 3.63) is 46.0 Å². The number of hydrogen-bond acceptors (Lipinski definition) is 2. The molecule has 4 nitrogen and oxygen atoms in total. The standard InChI is InChI=1S/C18H21ClFN3O/c1-5-13(24)22-17-21-9(2)16(23-17)15-14(18(15,3)4)10-6-7-12(20)11(19)8-10/h6-8,14-15H,5H2,1-4H3,(H2,21,22,23,24)/t14-,15+/m0/s1. The molecule has 3 rings (SSSR count). The van der Waals surface area contributed by atoms with E-state index in [1.54, 1.807) is 19.1 Å². The number of nitrogens with one attached hydrogen (secondary N) is 2. The molecule has 1 heterocycles. The second-order valence-electron chi connectivity index (χ2n) is 6.95. The predicted octanol–water partition coefficient (Wildman–Crippen LogP) is 4.77. The molecule has 1 fully saturated rings. The predicted molar refractivity (Wildman–Crippen MR) is 92.9 cm³/mol. The normalized spacial score (nSPS) is 21.6. The van der Waals surface area contributed by atoms with Gasteiger partial charge in [0.1, 0.15) is 5.82 Å². The van der Waals surface area contributed by atoms with E-state index in [0.717, 1.165) is 17.0 Å². The minimum atomic E-state index is -0.407. The van der Waals surface area contributed by atoms with Gasteiger partial charge in [0.05, 0.1) is 10.7 Å². The highest BCUT2D eigenvalue weighted by atomic mass is 35.5. The third-order valence-corrected chi connectivity index (χ3v) is 5.22. The second-order valence-corrected chi connectivity index (χ2v) is 7.35. The Morgan fingerprint density at radius 1 is 1.42 bits per heavy atom. The van der Waals surface area contributed by atoms with Gasteiger partial charge in [0.2, 0.25) is 11.9 Å². The van der Waals surface area contributed by atoms with Crippen molar-refractivity contribution in [2.75, 3.05) is 5.32 Å². The van der Waals surface area contributed by atoms with E-state index < -0.39 is 5.82 Å². The van der Waals surface area contributed by atoms with Crippen LogP contribution < -0.4 is 5.32 Å². The van der Waals surface area contributed by atoms with Gasteiger partial charge in [0.15, 0.2) is 0 Å². The Bertz CT molecular complexity index is 800. The Hall–Kier alpha value is -1.88. The van der Waals surface area contributed by atoms with Crippen LogP contribution in [0.5, 0.6) is 0 Å². The highest BCUT2D eigenvalue weighted by Crippen LogP contribution is 2.70. The summed E-state index contributed by atoms with van der Waals surface area (Å²) in [5.74, 6) is 0.408. The first-order valence-electron chi connectivity index (χ1n) is 8.07. The smallest absolute Gasteiger partial charge is 0.226 e. The lowest BCUT2D eigenvalue weighted by Gasteiger charge is -2.03. The summed E-state index contributed by atoms with van der Waals surface area (Å²) in [5.41, 5.74) is 2.89. The van der Waals surface area contributed by atoms with Crippen LogP contribution in [0, 0.1) is 18.2 Å². The molecule has 0 unspecified atom stereocenters. The van der Waals surface area contributed by atoms with Crippen molar-refractivity contribution in [3.8, 4) is 0 Å². The Labute approximate surface area is 145 Å². The summed E-state index contributed by atoms with van der Waals surface area (Å²) in [7, 11) is 0. The molecule has 2 aromatic rings. The molecule has 6 heteroatoms. The zero-order valence-corrected chi connectivity index (χ0v) is 15.0. The summed E-state index contributed by atoms with van der Waals surface area (Å²) in [6, 6.07) is 4.90. The molecule has 0 spiro atoms. The van der Waals surface area contributed by atoms with E-state index in [-0.39, 0.29) is 28.2 Å². The van der Waals surface area contributed by atoms with Crippen molar-refractivity contribution in [1.29, 1.82) is 0 Å². The molecular weight excluding hydrogens is 329 g/mol. The van der Waals surface area contributed by atoms with Gasteiger partial charge in [-0.05, 0) is 36.0 Å². The third-order valence-electron chi connectivity index (χ3n) is 4.93. The van der Waals surface area contributed by atoms with Crippen molar-refractivity contribution < 1.29 is 9.18 Å². The Morgan fingerprint density at radius 3 is 2.75 bits per heavy atom. The van der Waals surface area contributed by atoms with Crippen LogP contribution in [-0.4, -0.2) is 15.9 Å². The van der Waals surface area contributed by atoms with Gasteiger partial charge in [0, 0.05) is 18.0 Å². The molecular formula is C18H21ClFN3O. The molecule has 24 heavy (non-hydrogen) atoms. The van der Waals surface area contributed by atoms with Crippen LogP contribution in [0.25, 0.3) is 0 Å². The van der Waals surface area contributed by atoms with Gasteiger partial charge in [-0.15, -0.1) is 0 Å². The van der Waals surface area contributed by atoms with Crippen LogP contribution in [0.15, 0.2) is 18.2 Å². The summed E-state index contributed by atoms with van der Waals surface area (Å²) < 4.78 is 13.4. The van der Waals surface area contributed by atoms with Crippen molar-refractivity contribution >= 4 is 23.5 Å². The summed E-state index contributed by atoms with van der Waals surface area (Å²) >= 11 is 5.94. The quantitative estimate of drug-likeness (QED) is 0.835. The van der Waals surface area contributed by atoms with Crippen LogP contribution >= 0.6 is 11.6 Å². The molecule has 1 saturated carbocycles. The number of benzene rings is 1. The van der Waals surface area contributed by atoms with Gasteiger partial charge >= 0.3 is 0 Å². The maximum atomic E-state index is 13.4. The molecule has 0 bridgehead atoms. The topological polar surface area (TPSA) is 57.8 Å². The maximum absolute atomic E-state index is 13.4. The van der Waals surface area contributed by atoms with Gasteiger partial charge < -0.3 is 4.98 Å². The van der Waals surface area contributed by atoms with Crippen LogP contribution in [0.2, 0.25) is 5.02 Å². The average Bonchev–Trinajstić information content (AvgIpc) is 2.89. The van der Waals surface area contributed by atoms with Gasteiger partial charge in [-0.2, -0.15) is 0 Å². The fourth-order valence-corrected chi connectivity index (χ4v) is 3.72. The lowest BCUT2D eigenvalue weighted by atomic mass is 10.0. The van der Waals surface area contributed by atoms with Gasteiger partial charge in [-0.25, -0.2) is 9.37 Å². The number of anilines is 1. The van der Waals surface area contributed by atoms with Gasteiger partial charge in [-0.1, -0.05) is 38.4 Å². The molecule has 2 atom stereocenters. The highest BCUT2D eigenvalue weighted by Gasteiger charge is 2.60.